The minimum atomic E-state index is 0.165. The molecule has 88 valence electrons. The van der Waals surface area contributed by atoms with Gasteiger partial charge in [-0.25, -0.2) is 0 Å². The van der Waals surface area contributed by atoms with Gasteiger partial charge in [0, 0.05) is 11.1 Å². The van der Waals surface area contributed by atoms with Crippen molar-refractivity contribution in [2.45, 2.75) is 45.1 Å². The first-order chi connectivity index (χ1) is 7.68. The van der Waals surface area contributed by atoms with Gasteiger partial charge in [-0.1, -0.05) is 43.0 Å². The van der Waals surface area contributed by atoms with Crippen molar-refractivity contribution in [1.29, 1.82) is 0 Å². The number of benzene rings is 1. The van der Waals surface area contributed by atoms with Crippen LogP contribution in [-0.4, -0.2) is 0 Å². The average molecular weight is 238 g/mol. The van der Waals surface area contributed by atoms with Crippen molar-refractivity contribution >= 4 is 11.6 Å². The van der Waals surface area contributed by atoms with Crippen molar-refractivity contribution in [3.05, 3.63) is 34.3 Å². The second-order valence-corrected chi connectivity index (χ2v) is 5.34. The molecule has 2 heteroatoms. The van der Waals surface area contributed by atoms with E-state index in [0.717, 1.165) is 10.6 Å². The highest BCUT2D eigenvalue weighted by molar-refractivity contribution is 6.31. The lowest BCUT2D eigenvalue weighted by atomic mass is 9.81. The first-order valence-electron chi connectivity index (χ1n) is 6.20. The van der Waals surface area contributed by atoms with Crippen molar-refractivity contribution in [3.63, 3.8) is 0 Å². The minimum Gasteiger partial charge on any atom is -0.324 e. The molecule has 1 fully saturated rings. The van der Waals surface area contributed by atoms with Gasteiger partial charge in [0.2, 0.25) is 0 Å². The summed E-state index contributed by atoms with van der Waals surface area (Å²) < 4.78 is 0. The van der Waals surface area contributed by atoms with E-state index >= 15 is 0 Å². The third kappa shape index (κ3) is 2.58. The van der Waals surface area contributed by atoms with Gasteiger partial charge in [0.1, 0.15) is 0 Å². The van der Waals surface area contributed by atoms with Gasteiger partial charge in [-0.05, 0) is 42.9 Å². The molecule has 1 aliphatic carbocycles. The maximum atomic E-state index is 6.33. The summed E-state index contributed by atoms with van der Waals surface area (Å²) in [5, 5.41) is 0.837. The summed E-state index contributed by atoms with van der Waals surface area (Å²) in [6.45, 7) is 2.03. The monoisotopic (exact) mass is 237 g/mol. The maximum Gasteiger partial charge on any atom is 0.0438 e. The molecule has 1 aliphatic rings. The van der Waals surface area contributed by atoms with Crippen LogP contribution in [0.3, 0.4) is 0 Å². The van der Waals surface area contributed by atoms with Crippen LogP contribution in [0.1, 0.15) is 49.3 Å². The third-order valence-corrected chi connectivity index (χ3v) is 4.15. The maximum absolute atomic E-state index is 6.33. The van der Waals surface area contributed by atoms with Gasteiger partial charge in [0.25, 0.3) is 0 Å². The van der Waals surface area contributed by atoms with Crippen LogP contribution in [0, 0.1) is 12.8 Å². The van der Waals surface area contributed by atoms with Crippen molar-refractivity contribution in [3.8, 4) is 0 Å². The largest absolute Gasteiger partial charge is 0.324 e. The van der Waals surface area contributed by atoms with E-state index in [2.05, 4.69) is 12.1 Å². The van der Waals surface area contributed by atoms with Crippen LogP contribution >= 0.6 is 11.6 Å². The van der Waals surface area contributed by atoms with Gasteiger partial charge >= 0.3 is 0 Å². The molecule has 0 saturated heterocycles. The number of nitrogens with two attached hydrogens (primary N) is 1. The van der Waals surface area contributed by atoms with Crippen molar-refractivity contribution in [1.82, 2.24) is 0 Å². The number of hydrogen-bond donors (Lipinski definition) is 1. The Morgan fingerprint density at radius 3 is 2.56 bits per heavy atom. The molecule has 16 heavy (non-hydrogen) atoms. The highest BCUT2D eigenvalue weighted by Gasteiger charge is 2.21. The van der Waals surface area contributed by atoms with Crippen molar-refractivity contribution in [2.24, 2.45) is 11.7 Å². The predicted octanol–water partition coefficient (Wildman–Crippen LogP) is 4.23. The molecule has 1 aromatic carbocycles. The number of aryl methyl sites for hydroxylation is 1. The molecule has 2 rings (SSSR count). The molecule has 1 saturated carbocycles. The average Bonchev–Trinajstić information content (AvgIpc) is 2.33. The van der Waals surface area contributed by atoms with Crippen LogP contribution in [0.25, 0.3) is 0 Å². The number of hydrogen-bond acceptors (Lipinski definition) is 1. The molecule has 0 aromatic heterocycles. The van der Waals surface area contributed by atoms with E-state index in [1.807, 2.05) is 13.0 Å². The van der Waals surface area contributed by atoms with E-state index < -0.39 is 0 Å². The van der Waals surface area contributed by atoms with Crippen LogP contribution in [0.2, 0.25) is 5.02 Å². The Kier molecular flexibility index (Phi) is 3.88. The summed E-state index contributed by atoms with van der Waals surface area (Å²) in [5.41, 5.74) is 8.65. The van der Waals surface area contributed by atoms with Gasteiger partial charge in [0.15, 0.2) is 0 Å². The van der Waals surface area contributed by atoms with Crippen molar-refractivity contribution in [2.75, 3.05) is 0 Å². The second-order valence-electron chi connectivity index (χ2n) is 4.93. The third-order valence-electron chi connectivity index (χ3n) is 3.74. The molecule has 1 unspecified atom stereocenters. The topological polar surface area (TPSA) is 26.0 Å². The molecule has 1 atom stereocenters. The van der Waals surface area contributed by atoms with Gasteiger partial charge < -0.3 is 5.73 Å². The smallest absolute Gasteiger partial charge is 0.0438 e. The van der Waals surface area contributed by atoms with E-state index in [9.17, 15) is 0 Å². The lowest BCUT2D eigenvalue weighted by Gasteiger charge is -2.28. The Balaban J connectivity index is 2.12. The molecule has 0 amide bonds. The highest BCUT2D eigenvalue weighted by atomic mass is 35.5. The molecule has 0 heterocycles. The normalized spacial score (nSPS) is 19.7. The van der Waals surface area contributed by atoms with Crippen LogP contribution < -0.4 is 5.73 Å². The summed E-state index contributed by atoms with van der Waals surface area (Å²) in [4.78, 5) is 0. The molecule has 2 N–H and O–H groups in total. The molecule has 0 bridgehead atoms. The zero-order valence-electron chi connectivity index (χ0n) is 9.88. The Hall–Kier alpha value is -0.530. The van der Waals surface area contributed by atoms with Gasteiger partial charge in [-0.2, -0.15) is 0 Å². The van der Waals surface area contributed by atoms with E-state index in [-0.39, 0.29) is 6.04 Å². The molecule has 0 spiro atoms. The minimum absolute atomic E-state index is 0.165. The first-order valence-corrected chi connectivity index (χ1v) is 6.58. The van der Waals surface area contributed by atoms with Crippen LogP contribution in [0.15, 0.2) is 18.2 Å². The number of rotatable bonds is 2. The zero-order valence-corrected chi connectivity index (χ0v) is 10.6. The fourth-order valence-electron chi connectivity index (χ4n) is 2.58. The Morgan fingerprint density at radius 1 is 1.25 bits per heavy atom. The van der Waals surface area contributed by atoms with Crippen LogP contribution in [0.4, 0.5) is 0 Å². The fourth-order valence-corrected chi connectivity index (χ4v) is 2.77. The van der Waals surface area contributed by atoms with E-state index in [0.29, 0.717) is 5.92 Å². The SMILES string of the molecule is Cc1ccc(C(N)C2CCCCC2)cc1Cl. The Bertz CT molecular complexity index is 356. The molecule has 1 aromatic rings. The van der Waals surface area contributed by atoms with E-state index in [1.165, 1.54) is 37.7 Å². The molecular weight excluding hydrogens is 218 g/mol. The van der Waals surface area contributed by atoms with Gasteiger partial charge in [0.05, 0.1) is 0 Å². The molecular formula is C14H20ClN. The molecule has 0 radical (unpaired) electrons. The summed E-state index contributed by atoms with van der Waals surface area (Å²) in [7, 11) is 0. The molecule has 0 aliphatic heterocycles. The molecule has 1 nitrogen and oxygen atoms in total. The highest BCUT2D eigenvalue weighted by Crippen LogP contribution is 2.33. The Morgan fingerprint density at radius 2 is 1.94 bits per heavy atom. The fraction of sp³-hybridized carbons (Fsp3) is 0.571. The second kappa shape index (κ2) is 5.20. The van der Waals surface area contributed by atoms with Crippen LogP contribution in [0.5, 0.6) is 0 Å². The summed E-state index contributed by atoms with van der Waals surface area (Å²) >= 11 is 6.14. The quantitative estimate of drug-likeness (QED) is 0.819. The summed E-state index contributed by atoms with van der Waals surface area (Å²) in [6, 6.07) is 6.40. The number of halogens is 1. The van der Waals surface area contributed by atoms with Gasteiger partial charge in [-0.3, -0.25) is 0 Å². The summed E-state index contributed by atoms with van der Waals surface area (Å²) in [6.07, 6.45) is 6.58. The van der Waals surface area contributed by atoms with Crippen molar-refractivity contribution < 1.29 is 0 Å². The van der Waals surface area contributed by atoms with E-state index in [4.69, 9.17) is 17.3 Å². The van der Waals surface area contributed by atoms with Gasteiger partial charge in [-0.15, -0.1) is 0 Å². The standard InChI is InChI=1S/C14H20ClN/c1-10-7-8-12(9-13(10)15)14(16)11-5-3-2-4-6-11/h7-9,11,14H,2-6,16H2,1H3. The van der Waals surface area contributed by atoms with E-state index in [1.54, 1.807) is 0 Å². The summed E-state index contributed by atoms with van der Waals surface area (Å²) in [5.74, 6) is 0.646. The van der Waals surface area contributed by atoms with Crippen LogP contribution in [-0.2, 0) is 0 Å². The Labute approximate surface area is 103 Å². The predicted molar refractivity (Wildman–Crippen MR) is 69.7 cm³/mol. The lowest BCUT2D eigenvalue weighted by molar-refractivity contribution is 0.308. The first kappa shape index (κ1) is 11.9. The lowest BCUT2D eigenvalue weighted by Crippen LogP contribution is -2.23. The zero-order chi connectivity index (χ0) is 11.5.